The normalized spacial score (nSPS) is 8.84. The fourth-order valence-electron chi connectivity index (χ4n) is 1.38. The topological polar surface area (TPSA) is 69.4 Å². The minimum Gasteiger partial charge on any atom is -0.457 e. The first-order valence-electron chi connectivity index (χ1n) is 5.69. The van der Waals surface area contributed by atoms with E-state index in [4.69, 9.17) is 9.53 Å². The summed E-state index contributed by atoms with van der Waals surface area (Å²) in [6.45, 7) is 0.314. The Hall–Kier alpha value is -2.62. The lowest BCUT2D eigenvalue weighted by molar-refractivity contribution is -0.106. The Morgan fingerprint density at radius 3 is 2.00 bits per heavy atom. The monoisotopic (exact) mass is 257 g/mol. The number of esters is 1. The molecule has 0 aromatic heterocycles. The van der Waals surface area contributed by atoms with Crippen LogP contribution in [0.1, 0.15) is 15.9 Å². The van der Waals surface area contributed by atoms with Crippen LogP contribution < -0.4 is 5.73 Å². The van der Waals surface area contributed by atoms with E-state index in [-0.39, 0.29) is 12.4 Å². The van der Waals surface area contributed by atoms with E-state index in [0.717, 1.165) is 5.56 Å². The number of primary amides is 1. The number of rotatable bonds is 3. The van der Waals surface area contributed by atoms with Crippen LogP contribution in [-0.4, -0.2) is 12.4 Å². The molecule has 4 nitrogen and oxygen atoms in total. The van der Waals surface area contributed by atoms with Crippen LogP contribution >= 0.6 is 0 Å². The van der Waals surface area contributed by atoms with E-state index in [1.807, 2.05) is 48.5 Å². The van der Waals surface area contributed by atoms with Gasteiger partial charge in [-0.15, -0.1) is 0 Å². The zero-order chi connectivity index (χ0) is 13.9. The second-order valence-electron chi connectivity index (χ2n) is 3.56. The summed E-state index contributed by atoms with van der Waals surface area (Å²) < 4.78 is 5.18. The van der Waals surface area contributed by atoms with Crippen molar-refractivity contribution in [3.05, 3.63) is 71.8 Å². The lowest BCUT2D eigenvalue weighted by atomic mass is 10.2. The van der Waals surface area contributed by atoms with Crippen LogP contribution in [0.25, 0.3) is 0 Å². The molecule has 2 N–H and O–H groups in total. The van der Waals surface area contributed by atoms with Gasteiger partial charge in [-0.2, -0.15) is 0 Å². The van der Waals surface area contributed by atoms with Crippen molar-refractivity contribution in [1.82, 2.24) is 0 Å². The molecule has 4 heteroatoms. The first kappa shape index (κ1) is 14.4. The first-order chi connectivity index (χ1) is 9.27. The summed E-state index contributed by atoms with van der Waals surface area (Å²) in [5, 5.41) is 0. The number of nitrogens with two attached hydrogens (primary N) is 1. The molecule has 19 heavy (non-hydrogen) atoms. The van der Waals surface area contributed by atoms with Gasteiger partial charge in [-0.1, -0.05) is 48.5 Å². The summed E-state index contributed by atoms with van der Waals surface area (Å²) in [4.78, 5) is 20.2. The van der Waals surface area contributed by atoms with Crippen LogP contribution in [0, 0.1) is 0 Å². The van der Waals surface area contributed by atoms with Gasteiger partial charge in [0, 0.05) is 0 Å². The molecule has 2 aromatic carbocycles. The van der Waals surface area contributed by atoms with Crippen molar-refractivity contribution >= 4 is 12.4 Å². The van der Waals surface area contributed by atoms with Gasteiger partial charge in [0.25, 0.3) is 0 Å². The van der Waals surface area contributed by atoms with Gasteiger partial charge < -0.3 is 10.5 Å². The van der Waals surface area contributed by atoms with E-state index >= 15 is 0 Å². The maximum atomic E-state index is 11.6. The molecule has 2 rings (SSSR count). The van der Waals surface area contributed by atoms with Gasteiger partial charge in [-0.05, 0) is 17.7 Å². The number of ether oxygens (including phenoxy) is 1. The molecule has 2 aromatic rings. The Morgan fingerprint density at radius 2 is 1.47 bits per heavy atom. The number of hydrogen-bond acceptors (Lipinski definition) is 3. The fourth-order valence-corrected chi connectivity index (χ4v) is 1.38. The summed E-state index contributed by atoms with van der Waals surface area (Å²) in [6.07, 6.45) is 0.250. The summed E-state index contributed by atoms with van der Waals surface area (Å²) >= 11 is 0. The summed E-state index contributed by atoms with van der Waals surface area (Å²) in [7, 11) is 0. The van der Waals surface area contributed by atoms with Crippen LogP contribution in [0.5, 0.6) is 0 Å². The van der Waals surface area contributed by atoms with Crippen molar-refractivity contribution in [2.24, 2.45) is 5.73 Å². The van der Waals surface area contributed by atoms with Gasteiger partial charge in [0.05, 0.1) is 5.56 Å². The van der Waals surface area contributed by atoms with E-state index in [1.165, 1.54) is 0 Å². The quantitative estimate of drug-likeness (QED) is 0.676. The Labute approximate surface area is 111 Å². The van der Waals surface area contributed by atoms with Crippen molar-refractivity contribution < 1.29 is 14.3 Å². The van der Waals surface area contributed by atoms with Crippen LogP contribution in [0.2, 0.25) is 0 Å². The van der Waals surface area contributed by atoms with Gasteiger partial charge in [-0.25, -0.2) is 4.79 Å². The predicted octanol–water partition coefficient (Wildman–Crippen LogP) is 2.15. The number of amides is 1. The maximum Gasteiger partial charge on any atom is 0.338 e. The predicted molar refractivity (Wildman–Crippen MR) is 72.3 cm³/mol. The summed E-state index contributed by atoms with van der Waals surface area (Å²) in [5.74, 6) is -0.288. The largest absolute Gasteiger partial charge is 0.457 e. The Kier molecular flexibility index (Phi) is 6.44. The Balaban J connectivity index is 0.000000550. The third-order valence-corrected chi connectivity index (χ3v) is 2.22. The van der Waals surface area contributed by atoms with Gasteiger partial charge in [0.1, 0.15) is 6.61 Å². The highest BCUT2D eigenvalue weighted by Crippen LogP contribution is 2.05. The molecule has 0 atom stereocenters. The summed E-state index contributed by atoms with van der Waals surface area (Å²) in [6, 6.07) is 18.6. The van der Waals surface area contributed by atoms with E-state index in [2.05, 4.69) is 5.73 Å². The average Bonchev–Trinajstić information content (AvgIpc) is 2.47. The van der Waals surface area contributed by atoms with Crippen LogP contribution in [0.15, 0.2) is 60.7 Å². The smallest absolute Gasteiger partial charge is 0.338 e. The van der Waals surface area contributed by atoms with Gasteiger partial charge in [0.2, 0.25) is 6.41 Å². The summed E-state index contributed by atoms with van der Waals surface area (Å²) in [5.41, 5.74) is 5.74. The van der Waals surface area contributed by atoms with Gasteiger partial charge >= 0.3 is 5.97 Å². The Morgan fingerprint density at radius 1 is 1.00 bits per heavy atom. The average molecular weight is 257 g/mol. The molecule has 1 amide bonds. The van der Waals surface area contributed by atoms with E-state index in [0.29, 0.717) is 12.2 Å². The van der Waals surface area contributed by atoms with Crippen LogP contribution in [0.3, 0.4) is 0 Å². The lowest BCUT2D eigenvalue weighted by Crippen LogP contribution is -2.04. The Bertz CT molecular complexity index is 497. The molecule has 0 bridgehead atoms. The minimum atomic E-state index is -0.288. The molecule has 0 aliphatic rings. The highest BCUT2D eigenvalue weighted by molar-refractivity contribution is 5.89. The van der Waals surface area contributed by atoms with Crippen LogP contribution in [-0.2, 0) is 16.1 Å². The van der Waals surface area contributed by atoms with Crippen molar-refractivity contribution in [2.75, 3.05) is 0 Å². The molecule has 0 fully saturated rings. The fraction of sp³-hybridized carbons (Fsp3) is 0.0667. The third kappa shape index (κ3) is 5.50. The second-order valence-corrected chi connectivity index (χ2v) is 3.56. The SMILES string of the molecule is NC=O.O=C(OCc1ccccc1)c1ccccc1. The number of carbonyl (C=O) groups excluding carboxylic acids is 2. The van der Waals surface area contributed by atoms with E-state index in [1.54, 1.807) is 12.1 Å². The third-order valence-electron chi connectivity index (χ3n) is 2.22. The minimum absolute atomic E-state index is 0.250. The standard InChI is InChI=1S/C14H12O2.CH3NO/c15-14(13-9-5-2-6-10-13)16-11-12-7-3-1-4-8-12;2-1-3/h1-10H,11H2;1H,(H2,2,3). The molecule has 0 aliphatic heterocycles. The van der Waals surface area contributed by atoms with E-state index in [9.17, 15) is 4.79 Å². The second kappa shape index (κ2) is 8.47. The van der Waals surface area contributed by atoms with Crippen molar-refractivity contribution in [1.29, 1.82) is 0 Å². The molecule has 0 unspecified atom stereocenters. The molecule has 0 radical (unpaired) electrons. The highest BCUT2D eigenvalue weighted by Gasteiger charge is 2.05. The van der Waals surface area contributed by atoms with Crippen molar-refractivity contribution in [3.8, 4) is 0 Å². The molecular formula is C15H15NO3. The molecule has 0 saturated heterocycles. The number of benzene rings is 2. The first-order valence-corrected chi connectivity index (χ1v) is 5.69. The zero-order valence-corrected chi connectivity index (χ0v) is 10.4. The molecule has 0 heterocycles. The van der Waals surface area contributed by atoms with Gasteiger partial charge in [0.15, 0.2) is 0 Å². The number of carbonyl (C=O) groups is 2. The van der Waals surface area contributed by atoms with Crippen LogP contribution in [0.4, 0.5) is 0 Å². The van der Waals surface area contributed by atoms with Crippen molar-refractivity contribution in [2.45, 2.75) is 6.61 Å². The van der Waals surface area contributed by atoms with E-state index < -0.39 is 0 Å². The molecule has 98 valence electrons. The molecule has 0 spiro atoms. The molecular weight excluding hydrogens is 242 g/mol. The van der Waals surface area contributed by atoms with Gasteiger partial charge in [-0.3, -0.25) is 4.79 Å². The molecule has 0 saturated carbocycles. The number of hydrogen-bond donors (Lipinski definition) is 1. The zero-order valence-electron chi connectivity index (χ0n) is 10.4. The van der Waals surface area contributed by atoms with Crippen molar-refractivity contribution in [3.63, 3.8) is 0 Å². The lowest BCUT2D eigenvalue weighted by Gasteiger charge is -2.04. The highest BCUT2D eigenvalue weighted by atomic mass is 16.5. The molecule has 0 aliphatic carbocycles. The maximum absolute atomic E-state index is 11.6.